The summed E-state index contributed by atoms with van der Waals surface area (Å²) in [5.74, 6) is 0.417. The zero-order valence-corrected chi connectivity index (χ0v) is 17.2. The first kappa shape index (κ1) is 20.2. The molecule has 0 radical (unpaired) electrons. The minimum Gasteiger partial charge on any atom is -0.375 e. The molecule has 1 aromatic rings. The molecule has 3 amide bonds. The van der Waals surface area contributed by atoms with Crippen molar-refractivity contribution in [3.63, 3.8) is 0 Å². The summed E-state index contributed by atoms with van der Waals surface area (Å²) in [4.78, 5) is 26.8. The average molecular weight is 400 g/mol. The van der Waals surface area contributed by atoms with Gasteiger partial charge >= 0.3 is 6.03 Å². The number of rotatable bonds is 4. The Morgan fingerprint density at radius 2 is 1.79 bits per heavy atom. The van der Waals surface area contributed by atoms with E-state index in [1.807, 2.05) is 35.2 Å². The Labute approximate surface area is 173 Å². The van der Waals surface area contributed by atoms with Crippen LogP contribution < -0.4 is 10.6 Å². The number of carbonyl (C=O) groups excluding carboxylic acids is 2. The molecular weight excluding hydrogens is 366 g/mol. The summed E-state index contributed by atoms with van der Waals surface area (Å²) in [5.41, 5.74) is 0.570. The first-order valence-corrected chi connectivity index (χ1v) is 11.2. The number of hydrogen-bond acceptors (Lipinski definition) is 3. The fraction of sp³-hybridized carbons (Fsp3) is 0.652. The Morgan fingerprint density at radius 1 is 1.07 bits per heavy atom. The second kappa shape index (κ2) is 9.16. The molecule has 3 fully saturated rings. The molecule has 6 nitrogen and oxygen atoms in total. The molecule has 1 saturated carbocycles. The lowest BCUT2D eigenvalue weighted by molar-refractivity contribution is -0.122. The summed E-state index contributed by atoms with van der Waals surface area (Å²) in [7, 11) is 0. The van der Waals surface area contributed by atoms with Gasteiger partial charge in [-0.25, -0.2) is 4.79 Å². The highest BCUT2D eigenvalue weighted by Crippen LogP contribution is 2.37. The highest BCUT2D eigenvalue weighted by Gasteiger charge is 2.41. The molecule has 4 rings (SSSR count). The molecule has 29 heavy (non-hydrogen) atoms. The van der Waals surface area contributed by atoms with Crippen LogP contribution in [0.3, 0.4) is 0 Å². The quantitative estimate of drug-likeness (QED) is 0.816. The van der Waals surface area contributed by atoms with E-state index in [0.29, 0.717) is 24.1 Å². The maximum Gasteiger partial charge on any atom is 0.317 e. The van der Waals surface area contributed by atoms with Gasteiger partial charge in [0.05, 0.1) is 5.60 Å². The smallest absolute Gasteiger partial charge is 0.317 e. The van der Waals surface area contributed by atoms with Gasteiger partial charge in [-0.1, -0.05) is 31.0 Å². The van der Waals surface area contributed by atoms with Gasteiger partial charge < -0.3 is 20.3 Å². The minimum atomic E-state index is -0.134. The van der Waals surface area contributed by atoms with Crippen LogP contribution in [-0.4, -0.2) is 54.7 Å². The van der Waals surface area contributed by atoms with E-state index >= 15 is 0 Å². The van der Waals surface area contributed by atoms with Gasteiger partial charge in [-0.15, -0.1) is 0 Å². The van der Waals surface area contributed by atoms with E-state index in [1.165, 1.54) is 12.8 Å². The minimum absolute atomic E-state index is 0.00968. The van der Waals surface area contributed by atoms with Gasteiger partial charge in [0, 0.05) is 37.8 Å². The number of hydrogen-bond donors (Lipinski definition) is 2. The van der Waals surface area contributed by atoms with Crippen LogP contribution in [0.15, 0.2) is 30.3 Å². The van der Waals surface area contributed by atoms with E-state index in [4.69, 9.17) is 4.74 Å². The lowest BCUT2D eigenvalue weighted by Gasteiger charge is -2.46. The molecule has 1 aliphatic carbocycles. The Morgan fingerprint density at radius 3 is 2.52 bits per heavy atom. The van der Waals surface area contributed by atoms with Crippen LogP contribution in [0.1, 0.15) is 61.7 Å². The number of urea groups is 1. The predicted octanol–water partition coefficient (Wildman–Crippen LogP) is 3.33. The zero-order chi connectivity index (χ0) is 20.1. The third-order valence-corrected chi connectivity index (χ3v) is 6.83. The van der Waals surface area contributed by atoms with E-state index in [2.05, 4.69) is 10.6 Å². The van der Waals surface area contributed by atoms with Crippen LogP contribution in [0, 0.1) is 5.92 Å². The summed E-state index contributed by atoms with van der Waals surface area (Å²) in [5, 5.41) is 6.28. The molecule has 6 heteroatoms. The topological polar surface area (TPSA) is 70.7 Å². The largest absolute Gasteiger partial charge is 0.375 e. The second-order valence-corrected chi connectivity index (χ2v) is 8.88. The van der Waals surface area contributed by atoms with E-state index in [9.17, 15) is 9.59 Å². The third-order valence-electron chi connectivity index (χ3n) is 6.83. The first-order chi connectivity index (χ1) is 14.1. The lowest BCUT2D eigenvalue weighted by atomic mass is 9.79. The summed E-state index contributed by atoms with van der Waals surface area (Å²) in [6.45, 7) is 2.92. The summed E-state index contributed by atoms with van der Waals surface area (Å²) in [6.07, 6.45) is 8.38. The Bertz CT molecular complexity index is 695. The normalized spacial score (nSPS) is 24.4. The van der Waals surface area contributed by atoms with Crippen LogP contribution in [0.2, 0.25) is 0 Å². The number of amides is 3. The van der Waals surface area contributed by atoms with Gasteiger partial charge in [0.25, 0.3) is 5.91 Å². The molecule has 2 saturated heterocycles. The van der Waals surface area contributed by atoms with Crippen molar-refractivity contribution >= 4 is 11.9 Å². The van der Waals surface area contributed by atoms with Gasteiger partial charge in [0.2, 0.25) is 0 Å². The molecule has 1 unspecified atom stereocenters. The van der Waals surface area contributed by atoms with Crippen LogP contribution in [0.25, 0.3) is 0 Å². The first-order valence-electron chi connectivity index (χ1n) is 11.2. The molecule has 2 aliphatic heterocycles. The molecule has 2 heterocycles. The van der Waals surface area contributed by atoms with E-state index in [-0.39, 0.29) is 17.5 Å². The molecule has 1 spiro atoms. The lowest BCUT2D eigenvalue weighted by Crippen LogP contribution is -2.54. The fourth-order valence-electron chi connectivity index (χ4n) is 5.03. The van der Waals surface area contributed by atoms with Gasteiger partial charge in [-0.05, 0) is 56.6 Å². The van der Waals surface area contributed by atoms with E-state index in [1.54, 1.807) is 0 Å². The van der Waals surface area contributed by atoms with Crippen molar-refractivity contribution < 1.29 is 14.3 Å². The molecule has 2 N–H and O–H groups in total. The number of carbonyl (C=O) groups is 2. The number of nitrogens with zero attached hydrogens (tertiary/aromatic N) is 1. The van der Waals surface area contributed by atoms with E-state index in [0.717, 1.165) is 58.2 Å². The Hall–Kier alpha value is -2.08. The van der Waals surface area contributed by atoms with Crippen LogP contribution in [0.4, 0.5) is 4.79 Å². The van der Waals surface area contributed by atoms with Gasteiger partial charge in [-0.3, -0.25) is 4.79 Å². The number of benzene rings is 1. The predicted molar refractivity (Wildman–Crippen MR) is 112 cm³/mol. The van der Waals surface area contributed by atoms with Crippen molar-refractivity contribution in [3.05, 3.63) is 35.9 Å². The monoisotopic (exact) mass is 399 g/mol. The summed E-state index contributed by atoms with van der Waals surface area (Å²) >= 11 is 0. The third kappa shape index (κ3) is 5.10. The van der Waals surface area contributed by atoms with Gasteiger partial charge in [0.1, 0.15) is 0 Å². The molecule has 0 aromatic heterocycles. The van der Waals surface area contributed by atoms with Crippen molar-refractivity contribution in [2.75, 3.05) is 26.2 Å². The number of piperidine rings is 1. The SMILES string of the molecule is O=C(NCC1CCOC2(CCN(C(=O)NC3CCCC3)CC2)C1)c1ccccc1. The molecule has 158 valence electrons. The van der Waals surface area contributed by atoms with Crippen molar-refractivity contribution in [1.29, 1.82) is 0 Å². The molecule has 1 atom stereocenters. The molecular formula is C23H33N3O3. The molecule has 3 aliphatic rings. The number of nitrogens with one attached hydrogen (secondary N) is 2. The van der Waals surface area contributed by atoms with Crippen molar-refractivity contribution in [2.45, 2.75) is 63.0 Å². The second-order valence-electron chi connectivity index (χ2n) is 8.88. The average Bonchev–Trinajstić information content (AvgIpc) is 3.26. The van der Waals surface area contributed by atoms with E-state index < -0.39 is 0 Å². The number of ether oxygens (including phenoxy) is 1. The fourth-order valence-corrected chi connectivity index (χ4v) is 5.03. The standard InChI is InChI=1S/C23H33N3O3/c27-21(19-6-2-1-3-7-19)24-17-18-10-15-29-23(16-18)11-13-26(14-12-23)22(28)25-20-8-4-5-9-20/h1-3,6-7,18,20H,4-5,8-17H2,(H,24,27)(H,25,28). The van der Waals surface area contributed by atoms with Crippen molar-refractivity contribution in [1.82, 2.24) is 15.5 Å². The van der Waals surface area contributed by atoms with Gasteiger partial charge in [0.15, 0.2) is 0 Å². The van der Waals surface area contributed by atoms with Crippen molar-refractivity contribution in [3.8, 4) is 0 Å². The number of likely N-dealkylation sites (tertiary alicyclic amines) is 1. The highest BCUT2D eigenvalue weighted by atomic mass is 16.5. The Balaban J connectivity index is 1.24. The molecule has 1 aromatic carbocycles. The maximum absolute atomic E-state index is 12.5. The Kier molecular flexibility index (Phi) is 6.38. The van der Waals surface area contributed by atoms with Crippen LogP contribution >= 0.6 is 0 Å². The zero-order valence-electron chi connectivity index (χ0n) is 17.2. The molecule has 0 bridgehead atoms. The van der Waals surface area contributed by atoms with Crippen LogP contribution in [0.5, 0.6) is 0 Å². The summed E-state index contributed by atoms with van der Waals surface area (Å²) < 4.78 is 6.22. The van der Waals surface area contributed by atoms with Crippen LogP contribution in [-0.2, 0) is 4.74 Å². The van der Waals surface area contributed by atoms with Gasteiger partial charge in [-0.2, -0.15) is 0 Å². The summed E-state index contributed by atoms with van der Waals surface area (Å²) in [6, 6.07) is 9.82. The maximum atomic E-state index is 12.5. The van der Waals surface area contributed by atoms with Crippen molar-refractivity contribution in [2.24, 2.45) is 5.92 Å². The highest BCUT2D eigenvalue weighted by molar-refractivity contribution is 5.94.